The van der Waals surface area contributed by atoms with Gasteiger partial charge in [0.05, 0.1) is 25.3 Å². The summed E-state index contributed by atoms with van der Waals surface area (Å²) in [5.74, 6) is -1.16. The van der Waals surface area contributed by atoms with Crippen molar-refractivity contribution < 1.29 is 33.3 Å². The quantitative estimate of drug-likeness (QED) is 0.569. The Morgan fingerprint density at radius 2 is 1.92 bits per heavy atom. The topological polar surface area (TPSA) is 100 Å². The molecule has 0 bridgehead atoms. The molecule has 0 spiro atoms. The van der Waals surface area contributed by atoms with Gasteiger partial charge in [-0.2, -0.15) is 0 Å². The fourth-order valence-corrected chi connectivity index (χ4v) is 2.04. The Morgan fingerprint density at radius 1 is 1.24 bits per heavy atom. The average molecular weight is 355 g/mol. The van der Waals surface area contributed by atoms with Crippen LogP contribution in [-0.4, -0.2) is 56.1 Å². The Morgan fingerprint density at radius 3 is 2.48 bits per heavy atom. The maximum Gasteiger partial charge on any atom is 0.408 e. The Balaban J connectivity index is 2.93. The Hall–Kier alpha value is -2.35. The van der Waals surface area contributed by atoms with Gasteiger partial charge < -0.3 is 24.3 Å². The molecule has 1 aliphatic carbocycles. The zero-order valence-corrected chi connectivity index (χ0v) is 15.2. The first kappa shape index (κ1) is 20.7. The smallest absolute Gasteiger partial charge is 0.408 e. The van der Waals surface area contributed by atoms with Gasteiger partial charge in [-0.3, -0.25) is 0 Å². The maximum absolute atomic E-state index is 12.2. The number of allylic oxidation sites excluding steroid dienone is 2. The van der Waals surface area contributed by atoms with Crippen molar-refractivity contribution in [3.63, 3.8) is 0 Å². The van der Waals surface area contributed by atoms with Crippen LogP contribution in [0.1, 0.15) is 27.7 Å². The Kier molecular flexibility index (Phi) is 7.63. The first-order valence-corrected chi connectivity index (χ1v) is 7.91. The number of carbonyl (C=O) groups excluding carboxylic acids is 3. The Labute approximate surface area is 147 Å². The molecule has 0 heterocycles. The van der Waals surface area contributed by atoms with Crippen molar-refractivity contribution in [1.29, 1.82) is 0 Å². The van der Waals surface area contributed by atoms with Crippen LogP contribution in [-0.2, 0) is 28.5 Å². The van der Waals surface area contributed by atoms with Gasteiger partial charge in [-0.05, 0) is 33.8 Å². The molecule has 0 unspecified atom stereocenters. The van der Waals surface area contributed by atoms with Gasteiger partial charge in [-0.15, -0.1) is 0 Å². The van der Waals surface area contributed by atoms with E-state index in [1.165, 1.54) is 13.2 Å². The van der Waals surface area contributed by atoms with E-state index in [0.717, 1.165) is 0 Å². The highest BCUT2D eigenvalue weighted by atomic mass is 16.6. The van der Waals surface area contributed by atoms with Crippen LogP contribution < -0.4 is 5.32 Å². The summed E-state index contributed by atoms with van der Waals surface area (Å²) in [6.45, 7) is 6.71. The number of amides is 1. The van der Waals surface area contributed by atoms with E-state index < -0.39 is 35.8 Å². The standard InChI is InChI=1S/C17H25NO7/c1-6-23-15(20)11-8-7-9-12(24-10-13(19)22-5)14(11)18-16(21)25-17(2,3)4/h7-9,12,14H,6,10H2,1-5H3,(H,18,21)/t12-,14-/m1/s1. The summed E-state index contributed by atoms with van der Waals surface area (Å²) < 4.78 is 20.2. The second-order valence-corrected chi connectivity index (χ2v) is 6.20. The van der Waals surface area contributed by atoms with Crippen molar-refractivity contribution in [1.82, 2.24) is 5.32 Å². The fraction of sp³-hybridized carbons (Fsp3) is 0.588. The summed E-state index contributed by atoms with van der Waals surface area (Å²) in [7, 11) is 1.24. The number of alkyl carbamates (subject to hydrolysis) is 1. The molecule has 1 amide bonds. The van der Waals surface area contributed by atoms with Crippen molar-refractivity contribution in [2.45, 2.75) is 45.4 Å². The van der Waals surface area contributed by atoms with Crippen LogP contribution in [0.4, 0.5) is 4.79 Å². The minimum Gasteiger partial charge on any atom is -0.467 e. The molecule has 0 aromatic heterocycles. The zero-order chi connectivity index (χ0) is 19.0. The molecule has 8 heteroatoms. The van der Waals surface area contributed by atoms with Gasteiger partial charge in [0.25, 0.3) is 0 Å². The summed E-state index contributed by atoms with van der Waals surface area (Å²) in [5, 5.41) is 2.60. The van der Waals surface area contributed by atoms with Crippen LogP contribution in [0, 0.1) is 0 Å². The normalized spacial score (nSPS) is 19.6. The van der Waals surface area contributed by atoms with Crippen molar-refractivity contribution in [2.75, 3.05) is 20.3 Å². The lowest BCUT2D eigenvalue weighted by Crippen LogP contribution is -2.49. The molecular weight excluding hydrogens is 330 g/mol. The van der Waals surface area contributed by atoms with Crippen LogP contribution >= 0.6 is 0 Å². The lowest BCUT2D eigenvalue weighted by Gasteiger charge is -2.30. The van der Waals surface area contributed by atoms with Crippen LogP contribution in [0.2, 0.25) is 0 Å². The van der Waals surface area contributed by atoms with E-state index in [0.29, 0.717) is 0 Å². The summed E-state index contributed by atoms with van der Waals surface area (Å²) in [4.78, 5) is 35.6. The predicted octanol–water partition coefficient (Wildman–Crippen LogP) is 1.50. The van der Waals surface area contributed by atoms with Gasteiger partial charge in [-0.25, -0.2) is 14.4 Å². The second kappa shape index (κ2) is 9.22. The third kappa shape index (κ3) is 6.96. The number of ether oxygens (including phenoxy) is 4. The lowest BCUT2D eigenvalue weighted by molar-refractivity contribution is -0.147. The minimum absolute atomic E-state index is 0.187. The number of nitrogens with one attached hydrogen (secondary N) is 1. The van der Waals surface area contributed by atoms with E-state index in [1.807, 2.05) is 0 Å². The molecule has 0 radical (unpaired) electrons. The SMILES string of the molecule is CCOC(=O)C1=CC=C[C@@H](OCC(=O)OC)[C@@H]1NC(=O)OC(C)(C)C. The van der Waals surface area contributed by atoms with Gasteiger partial charge in [0, 0.05) is 0 Å². The van der Waals surface area contributed by atoms with Gasteiger partial charge in [0.1, 0.15) is 18.3 Å². The van der Waals surface area contributed by atoms with E-state index in [-0.39, 0.29) is 18.8 Å². The van der Waals surface area contributed by atoms with E-state index >= 15 is 0 Å². The third-order valence-electron chi connectivity index (χ3n) is 3.04. The van der Waals surface area contributed by atoms with Crippen LogP contribution in [0.5, 0.6) is 0 Å². The molecule has 1 rings (SSSR count). The molecule has 0 fully saturated rings. The first-order valence-electron chi connectivity index (χ1n) is 7.91. The van der Waals surface area contributed by atoms with E-state index in [1.54, 1.807) is 39.8 Å². The maximum atomic E-state index is 12.2. The number of esters is 2. The number of methoxy groups -OCH3 is 1. The number of rotatable bonds is 6. The van der Waals surface area contributed by atoms with Gasteiger partial charge >= 0.3 is 18.0 Å². The second-order valence-electron chi connectivity index (χ2n) is 6.20. The van der Waals surface area contributed by atoms with Gasteiger partial charge in [0.15, 0.2) is 0 Å². The van der Waals surface area contributed by atoms with Crippen molar-refractivity contribution >= 4 is 18.0 Å². The van der Waals surface area contributed by atoms with Gasteiger partial charge in [0.2, 0.25) is 0 Å². The molecule has 0 aromatic carbocycles. The van der Waals surface area contributed by atoms with Crippen LogP contribution in [0.3, 0.4) is 0 Å². The molecular formula is C17H25NO7. The molecule has 25 heavy (non-hydrogen) atoms. The predicted molar refractivity (Wildman–Crippen MR) is 88.8 cm³/mol. The highest BCUT2D eigenvalue weighted by molar-refractivity contribution is 5.91. The van der Waals surface area contributed by atoms with E-state index in [4.69, 9.17) is 14.2 Å². The van der Waals surface area contributed by atoms with Crippen LogP contribution in [0.15, 0.2) is 23.8 Å². The van der Waals surface area contributed by atoms with E-state index in [9.17, 15) is 14.4 Å². The molecule has 0 aliphatic heterocycles. The fourth-order valence-electron chi connectivity index (χ4n) is 2.04. The average Bonchev–Trinajstić information content (AvgIpc) is 2.51. The molecule has 1 aliphatic rings. The third-order valence-corrected chi connectivity index (χ3v) is 3.04. The number of carbonyl (C=O) groups is 3. The Bertz CT molecular complexity index is 560. The molecule has 0 saturated carbocycles. The molecule has 0 aromatic rings. The number of hydrogen-bond acceptors (Lipinski definition) is 7. The summed E-state index contributed by atoms with van der Waals surface area (Å²) in [6.07, 6.45) is 3.28. The molecule has 2 atom stereocenters. The zero-order valence-electron chi connectivity index (χ0n) is 15.2. The summed E-state index contributed by atoms with van der Waals surface area (Å²) in [6, 6.07) is -0.858. The molecule has 8 nitrogen and oxygen atoms in total. The first-order chi connectivity index (χ1) is 11.7. The minimum atomic E-state index is -0.858. The summed E-state index contributed by atoms with van der Waals surface area (Å²) >= 11 is 0. The largest absolute Gasteiger partial charge is 0.467 e. The van der Waals surface area contributed by atoms with Crippen molar-refractivity contribution in [2.24, 2.45) is 0 Å². The lowest BCUT2D eigenvalue weighted by atomic mass is 9.96. The highest BCUT2D eigenvalue weighted by Gasteiger charge is 2.34. The monoisotopic (exact) mass is 355 g/mol. The molecule has 140 valence electrons. The number of hydrogen-bond donors (Lipinski definition) is 1. The summed E-state index contributed by atoms with van der Waals surface area (Å²) in [5.41, 5.74) is -0.504. The van der Waals surface area contributed by atoms with Crippen LogP contribution in [0.25, 0.3) is 0 Å². The van der Waals surface area contributed by atoms with Crippen molar-refractivity contribution in [3.8, 4) is 0 Å². The highest BCUT2D eigenvalue weighted by Crippen LogP contribution is 2.19. The molecule has 0 saturated heterocycles. The van der Waals surface area contributed by atoms with E-state index in [2.05, 4.69) is 10.1 Å². The van der Waals surface area contributed by atoms with Gasteiger partial charge in [-0.1, -0.05) is 12.2 Å². The van der Waals surface area contributed by atoms with Crippen molar-refractivity contribution in [3.05, 3.63) is 23.8 Å². The molecule has 1 N–H and O–H groups in total.